The van der Waals surface area contributed by atoms with E-state index in [1.165, 1.54) is 0 Å². The van der Waals surface area contributed by atoms with Crippen molar-refractivity contribution >= 4 is 49.8 Å². The van der Waals surface area contributed by atoms with Crippen LogP contribution in [0.1, 0.15) is 26.7 Å². The maximum absolute atomic E-state index is 12.2. The van der Waals surface area contributed by atoms with Gasteiger partial charge in [-0.3, -0.25) is 0 Å². The summed E-state index contributed by atoms with van der Waals surface area (Å²) < 4.78 is 22.0. The van der Waals surface area contributed by atoms with Crippen molar-refractivity contribution in [1.29, 1.82) is 0 Å². The topological polar surface area (TPSA) is 71.1 Å². The summed E-state index contributed by atoms with van der Waals surface area (Å²) in [7, 11) is 0. The quantitative estimate of drug-likeness (QED) is 0.234. The molecule has 7 heteroatoms. The summed E-state index contributed by atoms with van der Waals surface area (Å²) in [5.41, 5.74) is 0. The van der Waals surface area contributed by atoms with Crippen molar-refractivity contribution in [2.24, 2.45) is 0 Å². The summed E-state index contributed by atoms with van der Waals surface area (Å²) in [6, 6.07) is 12.6. The summed E-state index contributed by atoms with van der Waals surface area (Å²) in [5.74, 6) is 0.672. The van der Waals surface area contributed by atoms with Gasteiger partial charge in [-0.05, 0) is 18.9 Å². The normalized spacial score (nSPS) is 10.7. The first-order valence-corrected chi connectivity index (χ1v) is 10.2. The predicted octanol–water partition coefficient (Wildman–Crippen LogP) is 6.61. The molecular formula is C22H21BrO6. The van der Waals surface area contributed by atoms with Crippen LogP contribution in [0.5, 0.6) is 11.5 Å². The van der Waals surface area contributed by atoms with Gasteiger partial charge < -0.3 is 18.9 Å². The van der Waals surface area contributed by atoms with Gasteiger partial charge in [0.2, 0.25) is 0 Å². The van der Waals surface area contributed by atoms with E-state index in [1.807, 2.05) is 38.1 Å². The third kappa shape index (κ3) is 4.62. The molecule has 0 aliphatic carbocycles. The Morgan fingerprint density at radius 1 is 0.759 bits per heavy atom. The van der Waals surface area contributed by atoms with Gasteiger partial charge in [0.25, 0.3) is 0 Å². The molecule has 29 heavy (non-hydrogen) atoms. The van der Waals surface area contributed by atoms with Crippen LogP contribution < -0.4 is 9.47 Å². The molecule has 0 aliphatic rings. The second-order valence-electron chi connectivity index (χ2n) is 6.27. The first kappa shape index (κ1) is 20.9. The van der Waals surface area contributed by atoms with Crippen LogP contribution in [0.3, 0.4) is 0 Å². The Labute approximate surface area is 176 Å². The largest absolute Gasteiger partial charge is 0.513 e. The van der Waals surface area contributed by atoms with E-state index in [4.69, 9.17) is 18.9 Å². The van der Waals surface area contributed by atoms with Gasteiger partial charge in [0.1, 0.15) is 0 Å². The van der Waals surface area contributed by atoms with Gasteiger partial charge in [-0.1, -0.05) is 66.2 Å². The molecule has 0 spiro atoms. The second-order valence-corrected chi connectivity index (χ2v) is 7.12. The van der Waals surface area contributed by atoms with E-state index >= 15 is 0 Å². The fraction of sp³-hybridized carbons (Fsp3) is 0.273. The monoisotopic (exact) mass is 460 g/mol. The van der Waals surface area contributed by atoms with E-state index < -0.39 is 12.3 Å². The van der Waals surface area contributed by atoms with E-state index in [2.05, 4.69) is 15.9 Å². The molecule has 3 rings (SSSR count). The predicted molar refractivity (Wildman–Crippen MR) is 114 cm³/mol. The maximum Gasteiger partial charge on any atom is 0.513 e. The first-order chi connectivity index (χ1) is 14.1. The fourth-order valence-corrected chi connectivity index (χ4v) is 3.46. The number of ether oxygens (including phenoxy) is 4. The molecule has 0 N–H and O–H groups in total. The van der Waals surface area contributed by atoms with Crippen LogP contribution in [0.4, 0.5) is 9.59 Å². The number of benzene rings is 3. The molecule has 0 saturated carbocycles. The minimum atomic E-state index is -0.787. The highest BCUT2D eigenvalue weighted by atomic mass is 79.9. The highest BCUT2D eigenvalue weighted by Crippen LogP contribution is 2.45. The average Bonchev–Trinajstić information content (AvgIpc) is 2.73. The van der Waals surface area contributed by atoms with Crippen LogP contribution in [0.15, 0.2) is 46.9 Å². The Bertz CT molecular complexity index is 1050. The van der Waals surface area contributed by atoms with Gasteiger partial charge >= 0.3 is 12.3 Å². The Balaban J connectivity index is 2.19. The van der Waals surface area contributed by atoms with Gasteiger partial charge in [-0.15, -0.1) is 0 Å². The summed E-state index contributed by atoms with van der Waals surface area (Å²) in [6.45, 7) is 4.33. The molecule has 0 saturated heterocycles. The Hall–Kier alpha value is -2.80. The highest BCUT2D eigenvalue weighted by Gasteiger charge is 2.22. The third-order valence-electron chi connectivity index (χ3n) is 4.12. The van der Waals surface area contributed by atoms with E-state index in [0.29, 0.717) is 50.4 Å². The molecule has 0 unspecified atom stereocenters. The molecule has 6 nitrogen and oxygen atoms in total. The van der Waals surface area contributed by atoms with Gasteiger partial charge in [-0.25, -0.2) is 9.59 Å². The number of rotatable bonds is 6. The van der Waals surface area contributed by atoms with Crippen molar-refractivity contribution in [2.45, 2.75) is 26.7 Å². The smallest absolute Gasteiger partial charge is 0.434 e. The lowest BCUT2D eigenvalue weighted by molar-refractivity contribution is 0.0984. The summed E-state index contributed by atoms with van der Waals surface area (Å²) >= 11 is 3.51. The van der Waals surface area contributed by atoms with Gasteiger partial charge in [0, 0.05) is 26.0 Å². The molecule has 3 aromatic carbocycles. The number of carbonyl (C=O) groups is 2. The molecule has 0 radical (unpaired) electrons. The lowest BCUT2D eigenvalue weighted by Gasteiger charge is -2.17. The summed E-state index contributed by atoms with van der Waals surface area (Å²) in [4.78, 5) is 24.3. The van der Waals surface area contributed by atoms with Crippen LogP contribution in [0.2, 0.25) is 0 Å². The van der Waals surface area contributed by atoms with Crippen molar-refractivity contribution in [1.82, 2.24) is 0 Å². The van der Waals surface area contributed by atoms with Crippen LogP contribution >= 0.6 is 15.9 Å². The van der Waals surface area contributed by atoms with Crippen molar-refractivity contribution < 1.29 is 28.5 Å². The number of hydrogen-bond acceptors (Lipinski definition) is 6. The average molecular weight is 461 g/mol. The zero-order valence-corrected chi connectivity index (χ0v) is 17.8. The molecule has 0 aliphatic heterocycles. The van der Waals surface area contributed by atoms with Crippen LogP contribution in [0.25, 0.3) is 21.5 Å². The number of hydrogen-bond donors (Lipinski definition) is 0. The fourth-order valence-electron chi connectivity index (χ4n) is 2.92. The highest BCUT2D eigenvalue weighted by molar-refractivity contribution is 9.10. The van der Waals surface area contributed by atoms with Gasteiger partial charge in [0.15, 0.2) is 11.5 Å². The Morgan fingerprint density at radius 3 is 1.86 bits per heavy atom. The van der Waals surface area contributed by atoms with Gasteiger partial charge in [-0.2, -0.15) is 0 Å². The molecule has 0 fully saturated rings. The first-order valence-electron chi connectivity index (χ1n) is 9.38. The molecule has 0 amide bonds. The van der Waals surface area contributed by atoms with Crippen LogP contribution in [-0.4, -0.2) is 25.5 Å². The minimum absolute atomic E-state index is 0.264. The Kier molecular flexibility index (Phi) is 6.93. The number of fused-ring (bicyclic) bond motifs is 2. The zero-order valence-electron chi connectivity index (χ0n) is 16.2. The lowest BCUT2D eigenvalue weighted by atomic mass is 10.0. The van der Waals surface area contributed by atoms with Crippen molar-refractivity contribution in [2.75, 3.05) is 13.2 Å². The van der Waals surface area contributed by atoms with Crippen LogP contribution in [0, 0.1) is 0 Å². The molecule has 0 heterocycles. The molecular weight excluding hydrogens is 440 g/mol. The van der Waals surface area contributed by atoms with Crippen LogP contribution in [-0.2, 0) is 9.47 Å². The van der Waals surface area contributed by atoms with Crippen molar-refractivity contribution in [3.05, 3.63) is 46.9 Å². The van der Waals surface area contributed by atoms with E-state index in [0.717, 1.165) is 0 Å². The van der Waals surface area contributed by atoms with Crippen molar-refractivity contribution in [3.8, 4) is 11.5 Å². The lowest BCUT2D eigenvalue weighted by Crippen LogP contribution is -2.13. The summed E-state index contributed by atoms with van der Waals surface area (Å²) in [5, 5.41) is 2.42. The molecule has 0 aromatic heterocycles. The van der Waals surface area contributed by atoms with Crippen molar-refractivity contribution in [3.63, 3.8) is 0 Å². The van der Waals surface area contributed by atoms with E-state index in [1.54, 1.807) is 18.2 Å². The standard InChI is InChI=1S/C22H21BrO6/c1-3-12-26-21(24)28-19-14-8-5-6-9-15(14)20(29-22(25)27-13-4-2)18-16(19)10-7-11-17(18)23/h5-11H,3-4,12-13H2,1-2H3. The SMILES string of the molecule is CCCOC(=O)Oc1c2ccccc2c(OC(=O)OCCC)c2c(Br)cccc12. The molecule has 152 valence electrons. The maximum atomic E-state index is 12.2. The Morgan fingerprint density at radius 2 is 1.28 bits per heavy atom. The molecule has 3 aromatic rings. The third-order valence-corrected chi connectivity index (χ3v) is 4.78. The second kappa shape index (κ2) is 9.60. The number of carbonyl (C=O) groups excluding carboxylic acids is 2. The molecule has 0 bridgehead atoms. The van der Waals surface area contributed by atoms with Gasteiger partial charge in [0.05, 0.1) is 13.2 Å². The van der Waals surface area contributed by atoms with E-state index in [9.17, 15) is 9.59 Å². The summed E-state index contributed by atoms with van der Waals surface area (Å²) in [6.07, 6.45) is -0.193. The number of halogens is 1. The zero-order chi connectivity index (χ0) is 20.8. The molecule has 0 atom stereocenters. The van der Waals surface area contributed by atoms with E-state index in [-0.39, 0.29) is 13.2 Å². The minimum Gasteiger partial charge on any atom is -0.434 e.